The second-order valence-electron chi connectivity index (χ2n) is 2.19. The van der Waals surface area contributed by atoms with E-state index in [2.05, 4.69) is 0 Å². The first-order chi connectivity index (χ1) is 4.66. The summed E-state index contributed by atoms with van der Waals surface area (Å²) in [5.74, 6) is 0.740. The van der Waals surface area contributed by atoms with Crippen LogP contribution in [0.15, 0.2) is 0 Å². The van der Waals surface area contributed by atoms with Crippen molar-refractivity contribution in [2.75, 3.05) is 5.75 Å². The SMILES string of the molecule is CCC(O)CCSC(C)=O. The molecule has 60 valence electrons. The highest BCUT2D eigenvalue weighted by Gasteiger charge is 2.00. The minimum atomic E-state index is -0.230. The van der Waals surface area contributed by atoms with Crippen molar-refractivity contribution in [3.63, 3.8) is 0 Å². The Hall–Kier alpha value is -0.0200. The second-order valence-corrected chi connectivity index (χ2v) is 3.46. The number of aliphatic hydroxyl groups excluding tert-OH is 1. The van der Waals surface area contributed by atoms with Gasteiger partial charge in [-0.2, -0.15) is 0 Å². The summed E-state index contributed by atoms with van der Waals surface area (Å²) < 4.78 is 0. The van der Waals surface area contributed by atoms with E-state index >= 15 is 0 Å². The van der Waals surface area contributed by atoms with Crippen molar-refractivity contribution in [1.82, 2.24) is 0 Å². The van der Waals surface area contributed by atoms with Gasteiger partial charge in [0.25, 0.3) is 0 Å². The number of rotatable bonds is 4. The van der Waals surface area contributed by atoms with E-state index in [9.17, 15) is 4.79 Å². The average Bonchev–Trinajstić information content (AvgIpc) is 1.87. The first-order valence-electron chi connectivity index (χ1n) is 3.48. The van der Waals surface area contributed by atoms with Crippen LogP contribution in [0.25, 0.3) is 0 Å². The van der Waals surface area contributed by atoms with Crippen LogP contribution in [0.2, 0.25) is 0 Å². The summed E-state index contributed by atoms with van der Waals surface area (Å²) in [7, 11) is 0. The Labute approximate surface area is 66.0 Å². The van der Waals surface area contributed by atoms with Gasteiger partial charge in [-0.15, -0.1) is 0 Å². The maximum atomic E-state index is 10.4. The van der Waals surface area contributed by atoms with Crippen molar-refractivity contribution in [1.29, 1.82) is 0 Å². The molecular formula is C7H14O2S. The van der Waals surface area contributed by atoms with Gasteiger partial charge in [0, 0.05) is 12.7 Å². The molecule has 0 aromatic heterocycles. The third kappa shape index (κ3) is 6.11. The minimum absolute atomic E-state index is 0.128. The molecule has 0 radical (unpaired) electrons. The molecule has 0 saturated heterocycles. The summed E-state index contributed by atoms with van der Waals surface area (Å²) in [6, 6.07) is 0. The molecular weight excluding hydrogens is 148 g/mol. The van der Waals surface area contributed by atoms with Gasteiger partial charge in [-0.05, 0) is 12.8 Å². The molecule has 0 aliphatic heterocycles. The highest BCUT2D eigenvalue weighted by Crippen LogP contribution is 2.06. The zero-order valence-corrected chi connectivity index (χ0v) is 7.28. The molecule has 0 aliphatic carbocycles. The molecule has 0 aliphatic rings. The van der Waals surface area contributed by atoms with Crippen molar-refractivity contribution in [2.24, 2.45) is 0 Å². The van der Waals surface area contributed by atoms with Crippen LogP contribution in [0.1, 0.15) is 26.7 Å². The first-order valence-corrected chi connectivity index (χ1v) is 4.46. The van der Waals surface area contributed by atoms with E-state index in [0.717, 1.165) is 18.6 Å². The summed E-state index contributed by atoms with van der Waals surface area (Å²) in [6.07, 6.45) is 1.27. The highest BCUT2D eigenvalue weighted by molar-refractivity contribution is 8.13. The van der Waals surface area contributed by atoms with Gasteiger partial charge in [-0.1, -0.05) is 18.7 Å². The Bertz CT molecular complexity index is 104. The van der Waals surface area contributed by atoms with Gasteiger partial charge in [0.15, 0.2) is 5.12 Å². The molecule has 0 saturated carbocycles. The lowest BCUT2D eigenvalue weighted by molar-refractivity contribution is -0.109. The molecule has 0 heterocycles. The van der Waals surface area contributed by atoms with Crippen molar-refractivity contribution in [3.05, 3.63) is 0 Å². The standard InChI is InChI=1S/C7H14O2S/c1-3-7(9)4-5-10-6(2)8/h7,9H,3-5H2,1-2H3. The lowest BCUT2D eigenvalue weighted by Crippen LogP contribution is -2.05. The molecule has 0 fully saturated rings. The van der Waals surface area contributed by atoms with Crippen LogP contribution >= 0.6 is 11.8 Å². The highest BCUT2D eigenvalue weighted by atomic mass is 32.2. The summed E-state index contributed by atoms with van der Waals surface area (Å²) in [5, 5.41) is 9.17. The lowest BCUT2D eigenvalue weighted by Gasteiger charge is -2.04. The monoisotopic (exact) mass is 162 g/mol. The topological polar surface area (TPSA) is 37.3 Å². The third-order valence-corrected chi connectivity index (χ3v) is 2.07. The third-order valence-electron chi connectivity index (χ3n) is 1.23. The van der Waals surface area contributed by atoms with Crippen LogP contribution in [-0.2, 0) is 4.79 Å². The Morgan fingerprint density at radius 1 is 1.70 bits per heavy atom. The van der Waals surface area contributed by atoms with Crippen molar-refractivity contribution in [3.8, 4) is 0 Å². The predicted molar refractivity (Wildman–Crippen MR) is 44.1 cm³/mol. The fraction of sp³-hybridized carbons (Fsp3) is 0.857. The van der Waals surface area contributed by atoms with Crippen molar-refractivity contribution in [2.45, 2.75) is 32.8 Å². The van der Waals surface area contributed by atoms with Gasteiger partial charge >= 0.3 is 0 Å². The quantitative estimate of drug-likeness (QED) is 0.679. The molecule has 0 aromatic carbocycles. The van der Waals surface area contributed by atoms with Crippen LogP contribution in [0.3, 0.4) is 0 Å². The Morgan fingerprint density at radius 2 is 2.30 bits per heavy atom. The molecule has 2 nitrogen and oxygen atoms in total. The Kier molecular flexibility index (Phi) is 5.73. The molecule has 0 bridgehead atoms. The molecule has 1 atom stereocenters. The molecule has 1 unspecified atom stereocenters. The zero-order chi connectivity index (χ0) is 7.98. The van der Waals surface area contributed by atoms with Crippen molar-refractivity contribution < 1.29 is 9.90 Å². The van der Waals surface area contributed by atoms with Gasteiger partial charge in [-0.25, -0.2) is 0 Å². The van der Waals surface area contributed by atoms with Gasteiger partial charge in [0.05, 0.1) is 6.10 Å². The summed E-state index contributed by atoms with van der Waals surface area (Å²) >= 11 is 1.28. The van der Waals surface area contributed by atoms with E-state index in [4.69, 9.17) is 5.11 Å². The largest absolute Gasteiger partial charge is 0.393 e. The first kappa shape index (κ1) is 9.98. The van der Waals surface area contributed by atoms with Crippen LogP contribution < -0.4 is 0 Å². The number of hydrogen-bond donors (Lipinski definition) is 1. The normalized spacial score (nSPS) is 13.1. The zero-order valence-electron chi connectivity index (χ0n) is 6.46. The van der Waals surface area contributed by atoms with E-state index in [0.29, 0.717) is 0 Å². The van der Waals surface area contributed by atoms with Crippen molar-refractivity contribution >= 4 is 16.9 Å². The lowest BCUT2D eigenvalue weighted by atomic mass is 10.2. The van der Waals surface area contributed by atoms with E-state index in [1.807, 2.05) is 6.92 Å². The van der Waals surface area contributed by atoms with Crippen LogP contribution in [0.5, 0.6) is 0 Å². The predicted octanol–water partition coefficient (Wildman–Crippen LogP) is 1.43. The molecule has 0 aromatic rings. The molecule has 1 N–H and O–H groups in total. The molecule has 0 spiro atoms. The number of carbonyl (C=O) groups is 1. The van der Waals surface area contributed by atoms with Crippen LogP contribution in [0.4, 0.5) is 0 Å². The van der Waals surface area contributed by atoms with E-state index in [1.165, 1.54) is 11.8 Å². The average molecular weight is 162 g/mol. The second kappa shape index (κ2) is 5.74. The number of aliphatic hydroxyl groups is 1. The van der Waals surface area contributed by atoms with Crippen LogP contribution in [0, 0.1) is 0 Å². The molecule has 0 rings (SSSR count). The summed E-state index contributed by atoms with van der Waals surface area (Å²) in [6.45, 7) is 3.48. The number of thioether (sulfide) groups is 1. The van der Waals surface area contributed by atoms with Gasteiger partial charge in [0.2, 0.25) is 0 Å². The van der Waals surface area contributed by atoms with Gasteiger partial charge in [0.1, 0.15) is 0 Å². The summed E-state index contributed by atoms with van der Waals surface area (Å²) in [5.41, 5.74) is 0. The minimum Gasteiger partial charge on any atom is -0.393 e. The fourth-order valence-corrected chi connectivity index (χ4v) is 1.22. The number of hydrogen-bond acceptors (Lipinski definition) is 3. The summed E-state index contributed by atoms with van der Waals surface area (Å²) in [4.78, 5) is 10.4. The van der Waals surface area contributed by atoms with E-state index in [1.54, 1.807) is 6.92 Å². The fourth-order valence-electron chi connectivity index (χ4n) is 0.543. The maximum absolute atomic E-state index is 10.4. The Morgan fingerprint density at radius 3 is 2.70 bits per heavy atom. The van der Waals surface area contributed by atoms with E-state index in [-0.39, 0.29) is 11.2 Å². The molecule has 10 heavy (non-hydrogen) atoms. The molecule has 3 heteroatoms. The maximum Gasteiger partial charge on any atom is 0.185 e. The Balaban J connectivity index is 3.11. The smallest absolute Gasteiger partial charge is 0.185 e. The van der Waals surface area contributed by atoms with E-state index < -0.39 is 0 Å². The van der Waals surface area contributed by atoms with Crippen LogP contribution in [-0.4, -0.2) is 22.1 Å². The van der Waals surface area contributed by atoms with Gasteiger partial charge in [-0.3, -0.25) is 4.79 Å². The van der Waals surface area contributed by atoms with Gasteiger partial charge < -0.3 is 5.11 Å². The number of carbonyl (C=O) groups excluding carboxylic acids is 1. The molecule has 0 amide bonds.